The predicted octanol–water partition coefficient (Wildman–Crippen LogP) is 3.00. The van der Waals surface area contributed by atoms with E-state index in [0.29, 0.717) is 5.56 Å². The summed E-state index contributed by atoms with van der Waals surface area (Å²) in [6.45, 7) is 0. The number of hydrogen-bond acceptors (Lipinski definition) is 2. The quantitative estimate of drug-likeness (QED) is 0.758. The molecule has 2 aromatic carbocycles. The lowest BCUT2D eigenvalue weighted by Crippen LogP contribution is -2.12. The van der Waals surface area contributed by atoms with E-state index in [-0.39, 0.29) is 0 Å². The Kier molecular flexibility index (Phi) is 2.72. The van der Waals surface area contributed by atoms with Crippen LogP contribution in [-0.4, -0.2) is 10.9 Å². The number of benzene rings is 2. The summed E-state index contributed by atoms with van der Waals surface area (Å²) in [5, 5.41) is 1.04. The van der Waals surface area contributed by atoms with Gasteiger partial charge >= 0.3 is 0 Å². The molecule has 0 spiro atoms. The predicted molar refractivity (Wildman–Crippen MR) is 75.7 cm³/mol. The van der Waals surface area contributed by atoms with E-state index in [0.717, 1.165) is 22.0 Å². The number of carbonyl (C=O) groups excluding carboxylic acids is 1. The number of para-hydroxylation sites is 1. The maximum absolute atomic E-state index is 11.5. The zero-order valence-corrected chi connectivity index (χ0v) is 10.2. The Morgan fingerprint density at radius 3 is 2.47 bits per heavy atom. The molecule has 3 nitrogen and oxygen atoms in total. The van der Waals surface area contributed by atoms with E-state index < -0.39 is 5.91 Å². The second kappa shape index (κ2) is 4.53. The summed E-state index contributed by atoms with van der Waals surface area (Å²) >= 11 is 0. The summed E-state index contributed by atoms with van der Waals surface area (Å²) in [7, 11) is 0. The first kappa shape index (κ1) is 11.4. The van der Waals surface area contributed by atoms with Gasteiger partial charge in [0.2, 0.25) is 5.91 Å². The van der Waals surface area contributed by atoms with Gasteiger partial charge in [-0.05, 0) is 17.7 Å². The molecule has 0 atom stereocenters. The molecule has 3 aromatic rings. The van der Waals surface area contributed by atoms with Gasteiger partial charge in [0.1, 0.15) is 0 Å². The van der Waals surface area contributed by atoms with Gasteiger partial charge < -0.3 is 5.73 Å². The largest absolute Gasteiger partial charge is 0.366 e. The number of pyridine rings is 1. The minimum absolute atomic E-state index is 0.427. The maximum atomic E-state index is 11.5. The minimum atomic E-state index is -0.427. The van der Waals surface area contributed by atoms with Crippen LogP contribution < -0.4 is 5.73 Å². The van der Waals surface area contributed by atoms with E-state index in [4.69, 9.17) is 5.73 Å². The number of hydrogen-bond donors (Lipinski definition) is 1. The van der Waals surface area contributed by atoms with Gasteiger partial charge in [-0.1, -0.05) is 42.5 Å². The molecule has 0 unspecified atom stereocenters. The van der Waals surface area contributed by atoms with E-state index in [1.54, 1.807) is 12.3 Å². The monoisotopic (exact) mass is 248 g/mol. The molecule has 92 valence electrons. The second-order valence-corrected chi connectivity index (χ2v) is 4.29. The van der Waals surface area contributed by atoms with Crippen molar-refractivity contribution in [3.05, 3.63) is 66.4 Å². The van der Waals surface area contributed by atoms with E-state index in [1.807, 2.05) is 48.5 Å². The van der Waals surface area contributed by atoms with Crippen LogP contribution in [0.25, 0.3) is 22.0 Å². The summed E-state index contributed by atoms with van der Waals surface area (Å²) in [5.74, 6) is -0.427. The molecule has 0 bridgehead atoms. The third-order valence-electron chi connectivity index (χ3n) is 3.12. The number of rotatable bonds is 2. The molecular weight excluding hydrogens is 236 g/mol. The van der Waals surface area contributed by atoms with Crippen LogP contribution in [0.2, 0.25) is 0 Å². The average molecular weight is 248 g/mol. The second-order valence-electron chi connectivity index (χ2n) is 4.29. The molecule has 0 radical (unpaired) electrons. The average Bonchev–Trinajstić information content (AvgIpc) is 2.46. The van der Waals surface area contributed by atoms with E-state index in [2.05, 4.69) is 4.98 Å². The molecular formula is C16H12N2O. The summed E-state index contributed by atoms with van der Waals surface area (Å²) in [5.41, 5.74) is 8.57. The summed E-state index contributed by atoms with van der Waals surface area (Å²) in [4.78, 5) is 15.9. The Bertz CT molecular complexity index is 760. The Morgan fingerprint density at radius 2 is 1.63 bits per heavy atom. The van der Waals surface area contributed by atoms with Crippen LogP contribution in [0.15, 0.2) is 60.8 Å². The number of fused-ring (bicyclic) bond motifs is 1. The van der Waals surface area contributed by atoms with E-state index >= 15 is 0 Å². The highest BCUT2D eigenvalue weighted by molar-refractivity contribution is 6.04. The zero-order chi connectivity index (χ0) is 13.2. The van der Waals surface area contributed by atoms with E-state index in [9.17, 15) is 4.79 Å². The van der Waals surface area contributed by atoms with Crippen LogP contribution in [-0.2, 0) is 0 Å². The van der Waals surface area contributed by atoms with Gasteiger partial charge in [-0.15, -0.1) is 0 Å². The molecule has 3 rings (SSSR count). The van der Waals surface area contributed by atoms with Gasteiger partial charge in [0, 0.05) is 22.7 Å². The molecule has 0 saturated carbocycles. The first-order chi connectivity index (χ1) is 9.27. The molecule has 3 heteroatoms. The van der Waals surface area contributed by atoms with Crippen molar-refractivity contribution in [2.45, 2.75) is 0 Å². The van der Waals surface area contributed by atoms with Crippen LogP contribution >= 0.6 is 0 Å². The topological polar surface area (TPSA) is 56.0 Å². The van der Waals surface area contributed by atoms with Crippen molar-refractivity contribution in [2.75, 3.05) is 0 Å². The number of amides is 1. The number of carbonyl (C=O) groups is 1. The van der Waals surface area contributed by atoms with Gasteiger partial charge in [-0.25, -0.2) is 0 Å². The molecule has 0 saturated heterocycles. The molecule has 1 amide bonds. The SMILES string of the molecule is NC(=O)c1ccccc1-c1cccc2cccnc12. The van der Waals surface area contributed by atoms with Gasteiger partial charge in [0.05, 0.1) is 5.52 Å². The standard InChI is InChI=1S/C16H12N2O/c17-16(19)14-8-2-1-7-12(14)13-9-3-5-11-6-4-10-18-15(11)13/h1-10H,(H2,17,19). The highest BCUT2D eigenvalue weighted by Crippen LogP contribution is 2.29. The van der Waals surface area contributed by atoms with Crippen molar-refractivity contribution < 1.29 is 4.79 Å². The summed E-state index contributed by atoms with van der Waals surface area (Å²) in [6.07, 6.45) is 1.75. The van der Waals surface area contributed by atoms with Crippen molar-refractivity contribution in [1.29, 1.82) is 0 Å². The maximum Gasteiger partial charge on any atom is 0.249 e. The Morgan fingerprint density at radius 1 is 0.895 bits per heavy atom. The van der Waals surface area contributed by atoms with Crippen molar-refractivity contribution in [3.8, 4) is 11.1 Å². The fourth-order valence-electron chi connectivity index (χ4n) is 2.25. The number of nitrogens with zero attached hydrogens (tertiary/aromatic N) is 1. The lowest BCUT2D eigenvalue weighted by Gasteiger charge is -2.09. The normalized spacial score (nSPS) is 10.5. The van der Waals surface area contributed by atoms with Crippen LogP contribution in [0.1, 0.15) is 10.4 Å². The summed E-state index contributed by atoms with van der Waals surface area (Å²) < 4.78 is 0. The van der Waals surface area contributed by atoms with Crippen LogP contribution in [0, 0.1) is 0 Å². The highest BCUT2D eigenvalue weighted by Gasteiger charge is 2.11. The Hall–Kier alpha value is -2.68. The van der Waals surface area contributed by atoms with Gasteiger partial charge in [-0.2, -0.15) is 0 Å². The molecule has 2 N–H and O–H groups in total. The van der Waals surface area contributed by atoms with Crippen molar-refractivity contribution >= 4 is 16.8 Å². The minimum Gasteiger partial charge on any atom is -0.366 e. The van der Waals surface area contributed by atoms with E-state index in [1.165, 1.54) is 0 Å². The van der Waals surface area contributed by atoms with Crippen molar-refractivity contribution in [2.24, 2.45) is 5.73 Å². The van der Waals surface area contributed by atoms with Gasteiger partial charge in [-0.3, -0.25) is 9.78 Å². The zero-order valence-electron chi connectivity index (χ0n) is 10.2. The fraction of sp³-hybridized carbons (Fsp3) is 0. The van der Waals surface area contributed by atoms with Crippen LogP contribution in [0.4, 0.5) is 0 Å². The Balaban J connectivity index is 2.34. The number of aromatic nitrogens is 1. The first-order valence-electron chi connectivity index (χ1n) is 6.00. The third-order valence-corrected chi connectivity index (χ3v) is 3.12. The third kappa shape index (κ3) is 1.95. The lowest BCUT2D eigenvalue weighted by atomic mass is 9.97. The van der Waals surface area contributed by atoms with Crippen LogP contribution in [0.5, 0.6) is 0 Å². The molecule has 19 heavy (non-hydrogen) atoms. The summed E-state index contributed by atoms with van der Waals surface area (Å²) in [6, 6.07) is 17.1. The van der Waals surface area contributed by atoms with Gasteiger partial charge in [0.25, 0.3) is 0 Å². The Labute approximate surface area is 110 Å². The molecule has 0 fully saturated rings. The molecule has 0 aliphatic heterocycles. The lowest BCUT2D eigenvalue weighted by molar-refractivity contribution is 0.100. The molecule has 1 aromatic heterocycles. The van der Waals surface area contributed by atoms with Crippen molar-refractivity contribution in [3.63, 3.8) is 0 Å². The molecule has 0 aliphatic carbocycles. The fourth-order valence-corrected chi connectivity index (χ4v) is 2.25. The number of primary amides is 1. The number of nitrogens with two attached hydrogens (primary N) is 1. The van der Waals surface area contributed by atoms with Crippen molar-refractivity contribution in [1.82, 2.24) is 4.98 Å². The first-order valence-corrected chi connectivity index (χ1v) is 6.00. The van der Waals surface area contributed by atoms with Gasteiger partial charge in [0.15, 0.2) is 0 Å². The van der Waals surface area contributed by atoms with Crippen LogP contribution in [0.3, 0.4) is 0 Å². The smallest absolute Gasteiger partial charge is 0.249 e. The molecule has 0 aliphatic rings. The highest BCUT2D eigenvalue weighted by atomic mass is 16.1. The molecule has 1 heterocycles.